The summed E-state index contributed by atoms with van der Waals surface area (Å²) in [4.78, 5) is 0. The van der Waals surface area contributed by atoms with Gasteiger partial charge < -0.3 is 10.1 Å². The molecule has 1 aromatic heterocycles. The topological polar surface area (TPSA) is 39.1 Å². The Kier molecular flexibility index (Phi) is 4.78. The highest BCUT2D eigenvalue weighted by Gasteiger charge is 2.22. The Morgan fingerprint density at radius 2 is 1.95 bits per heavy atom. The summed E-state index contributed by atoms with van der Waals surface area (Å²) in [5, 5.41) is 8.22. The monoisotopic (exact) mass is 299 g/mol. The Labute approximate surface area is 132 Å². The molecule has 1 aliphatic heterocycles. The van der Waals surface area contributed by atoms with E-state index in [9.17, 15) is 0 Å². The number of methoxy groups -OCH3 is 1. The normalized spacial score (nSPS) is 17.4. The van der Waals surface area contributed by atoms with Crippen LogP contribution >= 0.6 is 0 Å². The maximum absolute atomic E-state index is 5.19. The highest BCUT2D eigenvalue weighted by Crippen LogP contribution is 2.29. The molecular formula is C18H25N3O. The average Bonchev–Trinajstić information content (AvgIpc) is 3.04. The molecule has 0 bridgehead atoms. The molecule has 3 rings (SSSR count). The molecule has 1 atom stereocenters. The number of ether oxygens (including phenoxy) is 1. The minimum atomic E-state index is 0.541. The summed E-state index contributed by atoms with van der Waals surface area (Å²) in [6.07, 6.45) is 4.61. The molecule has 0 spiro atoms. The van der Waals surface area contributed by atoms with Crippen LogP contribution in [0.4, 0.5) is 0 Å². The predicted molar refractivity (Wildman–Crippen MR) is 88.3 cm³/mol. The molecule has 1 aromatic carbocycles. The minimum Gasteiger partial charge on any atom is -0.497 e. The van der Waals surface area contributed by atoms with Crippen LogP contribution < -0.4 is 10.1 Å². The van der Waals surface area contributed by atoms with Gasteiger partial charge in [-0.3, -0.25) is 4.68 Å². The van der Waals surface area contributed by atoms with E-state index in [-0.39, 0.29) is 0 Å². The third-order valence-corrected chi connectivity index (χ3v) is 4.72. The molecule has 0 amide bonds. The third-order valence-electron chi connectivity index (χ3n) is 4.72. The fourth-order valence-corrected chi connectivity index (χ4v) is 3.21. The van der Waals surface area contributed by atoms with Crippen LogP contribution in [0.15, 0.2) is 36.5 Å². The molecule has 2 heterocycles. The second-order valence-corrected chi connectivity index (χ2v) is 6.16. The Bertz CT molecular complexity index is 585. The van der Waals surface area contributed by atoms with Crippen molar-refractivity contribution in [2.24, 2.45) is 5.92 Å². The summed E-state index contributed by atoms with van der Waals surface area (Å²) in [6, 6.07) is 10.4. The second-order valence-electron chi connectivity index (χ2n) is 6.16. The fraction of sp³-hybridized carbons (Fsp3) is 0.500. The van der Waals surface area contributed by atoms with Crippen LogP contribution in [-0.4, -0.2) is 30.0 Å². The van der Waals surface area contributed by atoms with Gasteiger partial charge in [-0.1, -0.05) is 19.1 Å². The van der Waals surface area contributed by atoms with Gasteiger partial charge >= 0.3 is 0 Å². The standard InChI is InChI=1S/C18H25N3O/c1-14(16-7-10-19-11-8-16)18-9-12-21(20-18)13-15-3-5-17(22-2)6-4-15/h3-6,9,12,14,16,19H,7-8,10-11,13H2,1-2H3/t14-/m1/s1. The van der Waals surface area contributed by atoms with Crippen molar-refractivity contribution in [3.05, 3.63) is 47.8 Å². The molecule has 4 heteroatoms. The number of nitrogens with zero attached hydrogens (tertiary/aromatic N) is 2. The van der Waals surface area contributed by atoms with Gasteiger partial charge in [-0.15, -0.1) is 0 Å². The van der Waals surface area contributed by atoms with Crippen molar-refractivity contribution in [1.82, 2.24) is 15.1 Å². The maximum Gasteiger partial charge on any atom is 0.118 e. The first-order chi connectivity index (χ1) is 10.8. The molecular weight excluding hydrogens is 274 g/mol. The van der Waals surface area contributed by atoms with Gasteiger partial charge in [0.1, 0.15) is 5.75 Å². The summed E-state index contributed by atoms with van der Waals surface area (Å²) >= 11 is 0. The molecule has 1 N–H and O–H groups in total. The van der Waals surface area contributed by atoms with E-state index < -0.39 is 0 Å². The highest BCUT2D eigenvalue weighted by atomic mass is 16.5. The third kappa shape index (κ3) is 3.50. The van der Waals surface area contributed by atoms with Crippen LogP contribution in [0.5, 0.6) is 5.75 Å². The summed E-state index contributed by atoms with van der Waals surface area (Å²) in [6.45, 7) is 5.40. The van der Waals surface area contributed by atoms with Crippen molar-refractivity contribution in [3.8, 4) is 5.75 Å². The first kappa shape index (κ1) is 15.1. The molecule has 1 fully saturated rings. The molecule has 118 valence electrons. The number of hydrogen-bond acceptors (Lipinski definition) is 3. The van der Waals surface area contributed by atoms with E-state index in [1.165, 1.54) is 24.1 Å². The van der Waals surface area contributed by atoms with Gasteiger partial charge in [0.05, 0.1) is 19.3 Å². The van der Waals surface area contributed by atoms with Crippen LogP contribution in [0.1, 0.15) is 36.9 Å². The van der Waals surface area contributed by atoms with Gasteiger partial charge in [0.2, 0.25) is 0 Å². The van der Waals surface area contributed by atoms with Crippen molar-refractivity contribution < 1.29 is 4.74 Å². The van der Waals surface area contributed by atoms with E-state index in [1.54, 1.807) is 7.11 Å². The van der Waals surface area contributed by atoms with Crippen molar-refractivity contribution >= 4 is 0 Å². The maximum atomic E-state index is 5.19. The molecule has 0 saturated carbocycles. The first-order valence-corrected chi connectivity index (χ1v) is 8.13. The lowest BCUT2D eigenvalue weighted by Crippen LogP contribution is -2.30. The molecule has 4 nitrogen and oxygen atoms in total. The van der Waals surface area contributed by atoms with E-state index in [4.69, 9.17) is 9.84 Å². The first-order valence-electron chi connectivity index (χ1n) is 8.13. The van der Waals surface area contributed by atoms with Gasteiger partial charge in [-0.2, -0.15) is 5.10 Å². The lowest BCUT2D eigenvalue weighted by molar-refractivity contribution is 0.325. The van der Waals surface area contributed by atoms with Crippen LogP contribution in [0.25, 0.3) is 0 Å². The van der Waals surface area contributed by atoms with Gasteiger partial charge in [-0.25, -0.2) is 0 Å². The molecule has 1 aliphatic rings. The average molecular weight is 299 g/mol. The zero-order valence-electron chi connectivity index (χ0n) is 13.5. The predicted octanol–water partition coefficient (Wildman–Crippen LogP) is 3.04. The number of rotatable bonds is 5. The van der Waals surface area contributed by atoms with Crippen molar-refractivity contribution in [1.29, 1.82) is 0 Å². The van der Waals surface area contributed by atoms with E-state index in [0.717, 1.165) is 31.3 Å². The zero-order valence-corrected chi connectivity index (χ0v) is 13.5. The zero-order chi connectivity index (χ0) is 15.4. The fourth-order valence-electron chi connectivity index (χ4n) is 3.21. The van der Waals surface area contributed by atoms with Crippen molar-refractivity contribution in [2.45, 2.75) is 32.2 Å². The highest BCUT2D eigenvalue weighted by molar-refractivity contribution is 5.27. The lowest BCUT2D eigenvalue weighted by Gasteiger charge is -2.27. The summed E-state index contributed by atoms with van der Waals surface area (Å²) in [5.74, 6) is 2.19. The van der Waals surface area contributed by atoms with E-state index >= 15 is 0 Å². The summed E-state index contributed by atoms with van der Waals surface area (Å²) in [7, 11) is 1.69. The van der Waals surface area contributed by atoms with Crippen molar-refractivity contribution in [2.75, 3.05) is 20.2 Å². The number of nitrogens with one attached hydrogen (secondary N) is 1. The molecule has 0 radical (unpaired) electrons. The summed E-state index contributed by atoms with van der Waals surface area (Å²) in [5.41, 5.74) is 2.46. The van der Waals surface area contributed by atoms with Crippen LogP contribution in [-0.2, 0) is 6.54 Å². The quantitative estimate of drug-likeness (QED) is 0.922. The Balaban J connectivity index is 1.64. The van der Waals surface area contributed by atoms with Crippen LogP contribution in [0.2, 0.25) is 0 Å². The lowest BCUT2D eigenvalue weighted by atomic mass is 9.84. The molecule has 22 heavy (non-hydrogen) atoms. The summed E-state index contributed by atoms with van der Waals surface area (Å²) < 4.78 is 7.23. The van der Waals surface area contributed by atoms with Gasteiger partial charge in [-0.05, 0) is 55.6 Å². The Hall–Kier alpha value is -1.81. The Morgan fingerprint density at radius 1 is 1.23 bits per heavy atom. The number of piperidine rings is 1. The largest absolute Gasteiger partial charge is 0.497 e. The van der Waals surface area contributed by atoms with Crippen LogP contribution in [0, 0.1) is 5.92 Å². The van der Waals surface area contributed by atoms with Gasteiger partial charge in [0.25, 0.3) is 0 Å². The Morgan fingerprint density at radius 3 is 2.64 bits per heavy atom. The number of hydrogen-bond donors (Lipinski definition) is 1. The molecule has 2 aromatic rings. The molecule has 0 aliphatic carbocycles. The van der Waals surface area contributed by atoms with Gasteiger partial charge in [0, 0.05) is 12.1 Å². The number of benzene rings is 1. The number of aromatic nitrogens is 2. The van der Waals surface area contributed by atoms with Crippen LogP contribution in [0.3, 0.4) is 0 Å². The SMILES string of the molecule is COc1ccc(Cn2ccc([C@H](C)C3CCNCC3)n2)cc1. The van der Waals surface area contributed by atoms with E-state index in [2.05, 4.69) is 36.6 Å². The minimum absolute atomic E-state index is 0.541. The molecule has 1 saturated heterocycles. The van der Waals surface area contributed by atoms with E-state index in [0.29, 0.717) is 5.92 Å². The van der Waals surface area contributed by atoms with Crippen molar-refractivity contribution in [3.63, 3.8) is 0 Å². The second kappa shape index (κ2) is 6.97. The van der Waals surface area contributed by atoms with E-state index in [1.807, 2.05) is 16.8 Å². The smallest absolute Gasteiger partial charge is 0.118 e. The van der Waals surface area contributed by atoms with Gasteiger partial charge in [0.15, 0.2) is 0 Å². The molecule has 0 unspecified atom stereocenters.